The van der Waals surface area contributed by atoms with E-state index < -0.39 is 0 Å². The quantitative estimate of drug-likeness (QED) is 0.327. The van der Waals surface area contributed by atoms with Crippen LogP contribution in [0, 0.1) is 27.7 Å². The van der Waals surface area contributed by atoms with Gasteiger partial charge in [0.25, 0.3) is 0 Å². The van der Waals surface area contributed by atoms with Crippen molar-refractivity contribution in [2.75, 3.05) is 5.32 Å². The highest BCUT2D eigenvalue weighted by molar-refractivity contribution is 6.09. The molecule has 0 saturated carbocycles. The molecule has 0 spiro atoms. The molecule has 0 fully saturated rings. The number of nitrogens with zero attached hydrogens (tertiary/aromatic N) is 1. The zero-order valence-electron chi connectivity index (χ0n) is 20.7. The number of aryl methyl sites for hydroxylation is 4. The summed E-state index contributed by atoms with van der Waals surface area (Å²) in [6.45, 7) is 8.45. The molecule has 5 rings (SSSR count). The van der Waals surface area contributed by atoms with Gasteiger partial charge in [-0.05, 0) is 61.1 Å². The molecule has 3 heteroatoms. The van der Waals surface area contributed by atoms with Crippen LogP contribution < -0.4 is 5.32 Å². The Kier molecular flexibility index (Phi) is 6.24. The molecule has 1 heterocycles. The van der Waals surface area contributed by atoms with Crippen LogP contribution in [0.25, 0.3) is 5.57 Å². The Morgan fingerprint density at radius 2 is 1.17 bits per heavy atom. The van der Waals surface area contributed by atoms with E-state index in [2.05, 4.69) is 118 Å². The second kappa shape index (κ2) is 9.63. The van der Waals surface area contributed by atoms with E-state index in [0.717, 1.165) is 44.9 Å². The van der Waals surface area contributed by atoms with E-state index in [1.165, 1.54) is 11.1 Å². The van der Waals surface area contributed by atoms with E-state index in [4.69, 9.17) is 9.73 Å². The van der Waals surface area contributed by atoms with Crippen molar-refractivity contribution in [3.63, 3.8) is 0 Å². The smallest absolute Gasteiger partial charge is 0.239 e. The van der Waals surface area contributed by atoms with Gasteiger partial charge in [0.2, 0.25) is 5.90 Å². The lowest BCUT2D eigenvalue weighted by molar-refractivity contribution is 0.264. The van der Waals surface area contributed by atoms with Crippen molar-refractivity contribution >= 4 is 22.8 Å². The van der Waals surface area contributed by atoms with E-state index in [1.807, 2.05) is 12.1 Å². The molecule has 1 atom stereocenters. The van der Waals surface area contributed by atoms with Crippen molar-refractivity contribution in [3.05, 3.63) is 136 Å². The summed E-state index contributed by atoms with van der Waals surface area (Å²) in [6.07, 6.45) is -0.270. The Morgan fingerprint density at radius 3 is 1.77 bits per heavy atom. The standard InChI is InChI=1S/C32H30N2O/c1-21-13-11-14-22(2)28(21)33-30-27(25-17-7-5-8-18-25)31(26-19-9-6-10-20-26)35-32(30)34-29-23(3)15-12-16-24(29)4/h5-20,31,33H,1-4H3. The maximum atomic E-state index is 6.71. The molecule has 0 saturated heterocycles. The Balaban J connectivity index is 1.77. The number of para-hydroxylation sites is 2. The van der Waals surface area contributed by atoms with Gasteiger partial charge in [-0.15, -0.1) is 0 Å². The number of rotatable bonds is 5. The third-order valence-corrected chi connectivity index (χ3v) is 6.55. The summed E-state index contributed by atoms with van der Waals surface area (Å²) in [7, 11) is 0. The minimum Gasteiger partial charge on any atom is -0.463 e. The Morgan fingerprint density at radius 1 is 0.629 bits per heavy atom. The predicted molar refractivity (Wildman–Crippen MR) is 146 cm³/mol. The van der Waals surface area contributed by atoms with Crippen molar-refractivity contribution in [2.24, 2.45) is 4.99 Å². The van der Waals surface area contributed by atoms with E-state index >= 15 is 0 Å². The highest BCUT2D eigenvalue weighted by Crippen LogP contribution is 2.43. The lowest BCUT2D eigenvalue weighted by Gasteiger charge is -2.16. The zero-order chi connectivity index (χ0) is 24.4. The minimum atomic E-state index is -0.270. The minimum absolute atomic E-state index is 0.270. The summed E-state index contributed by atoms with van der Waals surface area (Å²) in [5, 5.41) is 3.76. The summed E-state index contributed by atoms with van der Waals surface area (Å²) in [5.41, 5.74) is 10.8. The molecule has 1 aliphatic rings. The number of ether oxygens (including phenoxy) is 1. The fourth-order valence-corrected chi connectivity index (χ4v) is 4.67. The largest absolute Gasteiger partial charge is 0.463 e. The van der Waals surface area contributed by atoms with Gasteiger partial charge in [0, 0.05) is 11.3 Å². The molecule has 4 aromatic rings. The fraction of sp³-hybridized carbons (Fsp3) is 0.156. The monoisotopic (exact) mass is 458 g/mol. The Labute approximate surface area is 207 Å². The molecule has 1 unspecified atom stereocenters. The maximum absolute atomic E-state index is 6.71. The second-order valence-corrected chi connectivity index (χ2v) is 9.11. The first-order valence-corrected chi connectivity index (χ1v) is 12.0. The normalized spacial score (nSPS) is 16.5. The van der Waals surface area contributed by atoms with E-state index in [0.29, 0.717) is 5.90 Å². The van der Waals surface area contributed by atoms with Crippen molar-refractivity contribution in [2.45, 2.75) is 33.8 Å². The summed E-state index contributed by atoms with van der Waals surface area (Å²) in [4.78, 5) is 5.12. The Bertz CT molecular complexity index is 1380. The van der Waals surface area contributed by atoms with Gasteiger partial charge < -0.3 is 10.1 Å². The fourth-order valence-electron chi connectivity index (χ4n) is 4.67. The zero-order valence-corrected chi connectivity index (χ0v) is 20.7. The maximum Gasteiger partial charge on any atom is 0.239 e. The van der Waals surface area contributed by atoms with E-state index in [-0.39, 0.29) is 6.10 Å². The van der Waals surface area contributed by atoms with Crippen LogP contribution in [0.4, 0.5) is 11.4 Å². The summed E-state index contributed by atoms with van der Waals surface area (Å²) in [6, 6.07) is 33.5. The number of anilines is 1. The topological polar surface area (TPSA) is 33.6 Å². The van der Waals surface area contributed by atoms with Crippen molar-refractivity contribution in [3.8, 4) is 0 Å². The van der Waals surface area contributed by atoms with Gasteiger partial charge >= 0.3 is 0 Å². The van der Waals surface area contributed by atoms with Crippen LogP contribution >= 0.6 is 0 Å². The third-order valence-electron chi connectivity index (χ3n) is 6.55. The van der Waals surface area contributed by atoms with Crippen molar-refractivity contribution < 1.29 is 4.74 Å². The molecule has 4 aromatic carbocycles. The first-order valence-electron chi connectivity index (χ1n) is 12.0. The number of benzene rings is 4. The average molecular weight is 459 g/mol. The molecule has 1 N–H and O–H groups in total. The summed E-state index contributed by atoms with van der Waals surface area (Å²) >= 11 is 0. The molecule has 0 aliphatic carbocycles. The van der Waals surface area contributed by atoms with Gasteiger partial charge in [0.1, 0.15) is 5.70 Å². The van der Waals surface area contributed by atoms with Gasteiger partial charge in [-0.2, -0.15) is 0 Å². The second-order valence-electron chi connectivity index (χ2n) is 9.11. The van der Waals surface area contributed by atoms with Crippen LogP contribution in [0.5, 0.6) is 0 Å². The molecule has 0 bridgehead atoms. The number of hydrogen-bond acceptors (Lipinski definition) is 3. The van der Waals surface area contributed by atoms with Gasteiger partial charge in [-0.1, -0.05) is 97.1 Å². The van der Waals surface area contributed by atoms with Crippen molar-refractivity contribution in [1.29, 1.82) is 0 Å². The average Bonchev–Trinajstić information content (AvgIpc) is 3.23. The molecular formula is C32H30N2O. The molecule has 0 aromatic heterocycles. The van der Waals surface area contributed by atoms with Crippen LogP contribution in [0.1, 0.15) is 39.5 Å². The SMILES string of the molecule is Cc1cccc(C)c1N=C1OC(c2ccccc2)C(c2ccccc2)=C1Nc1c(C)cccc1C. The number of aliphatic imine (C=N–C) groups is 1. The molecule has 0 amide bonds. The van der Waals surface area contributed by atoms with Crippen molar-refractivity contribution in [1.82, 2.24) is 0 Å². The van der Waals surface area contributed by atoms with Gasteiger partial charge in [0.15, 0.2) is 6.10 Å². The van der Waals surface area contributed by atoms with Crippen LogP contribution in [0.2, 0.25) is 0 Å². The Hall–Kier alpha value is -4.11. The summed E-state index contributed by atoms with van der Waals surface area (Å²) < 4.78 is 6.71. The van der Waals surface area contributed by atoms with Gasteiger partial charge in [-0.25, -0.2) is 4.99 Å². The van der Waals surface area contributed by atoms with E-state index in [1.54, 1.807) is 0 Å². The molecular weight excluding hydrogens is 428 g/mol. The van der Waals surface area contributed by atoms with Gasteiger partial charge in [-0.3, -0.25) is 0 Å². The molecule has 174 valence electrons. The number of nitrogens with one attached hydrogen (secondary N) is 1. The molecule has 3 nitrogen and oxygen atoms in total. The lowest BCUT2D eigenvalue weighted by Crippen LogP contribution is -2.11. The first kappa shape index (κ1) is 22.7. The van der Waals surface area contributed by atoms with Crippen LogP contribution in [0.3, 0.4) is 0 Å². The van der Waals surface area contributed by atoms with Crippen LogP contribution in [0.15, 0.2) is 108 Å². The molecule has 35 heavy (non-hydrogen) atoms. The number of hydrogen-bond donors (Lipinski definition) is 1. The van der Waals surface area contributed by atoms with E-state index in [9.17, 15) is 0 Å². The lowest BCUT2D eigenvalue weighted by atomic mass is 9.94. The highest BCUT2D eigenvalue weighted by Gasteiger charge is 2.35. The van der Waals surface area contributed by atoms with Crippen LogP contribution in [-0.4, -0.2) is 5.90 Å². The van der Waals surface area contributed by atoms with Gasteiger partial charge in [0.05, 0.1) is 5.69 Å². The highest BCUT2D eigenvalue weighted by atomic mass is 16.5. The van der Waals surface area contributed by atoms with Crippen LogP contribution in [-0.2, 0) is 4.74 Å². The summed E-state index contributed by atoms with van der Waals surface area (Å²) in [5.74, 6) is 0.609. The molecule has 1 aliphatic heterocycles. The predicted octanol–water partition coefficient (Wildman–Crippen LogP) is 8.25. The molecule has 0 radical (unpaired) electrons. The first-order chi connectivity index (χ1) is 17.0. The third kappa shape index (κ3) is 4.50.